The van der Waals surface area contributed by atoms with E-state index in [1.165, 1.54) is 12.1 Å². The van der Waals surface area contributed by atoms with Crippen LogP contribution in [0.25, 0.3) is 0 Å². The number of benzene rings is 1. The Morgan fingerprint density at radius 2 is 2.05 bits per heavy atom. The van der Waals surface area contributed by atoms with E-state index in [0.29, 0.717) is 24.1 Å². The molecule has 8 heteroatoms. The van der Waals surface area contributed by atoms with Gasteiger partial charge in [-0.15, -0.1) is 0 Å². The Morgan fingerprint density at radius 1 is 1.38 bits per heavy atom. The maximum Gasteiger partial charge on any atom is 0.246 e. The van der Waals surface area contributed by atoms with Gasteiger partial charge in [0, 0.05) is 12.1 Å². The van der Waals surface area contributed by atoms with Crippen LogP contribution < -0.4 is 15.8 Å². The molecule has 1 aromatic rings. The van der Waals surface area contributed by atoms with Crippen LogP contribution in [0.5, 0.6) is 0 Å². The third-order valence-corrected chi connectivity index (χ3v) is 4.43. The molecule has 0 radical (unpaired) electrons. The fourth-order valence-corrected chi connectivity index (χ4v) is 2.77. The molecule has 1 saturated heterocycles. The van der Waals surface area contributed by atoms with E-state index < -0.39 is 16.1 Å². The predicted octanol–water partition coefficient (Wildman–Crippen LogP) is 0.168. The van der Waals surface area contributed by atoms with Gasteiger partial charge in [-0.25, -0.2) is 13.6 Å². The first-order valence-electron chi connectivity index (χ1n) is 6.43. The van der Waals surface area contributed by atoms with E-state index >= 15 is 0 Å². The van der Waals surface area contributed by atoms with Crippen LogP contribution >= 0.6 is 0 Å². The highest BCUT2D eigenvalue weighted by Crippen LogP contribution is 2.24. The molecule has 1 aliphatic rings. The summed E-state index contributed by atoms with van der Waals surface area (Å²) in [5.41, 5.74) is 1.83. The molecule has 0 spiro atoms. The van der Waals surface area contributed by atoms with E-state index in [2.05, 4.69) is 10.6 Å². The van der Waals surface area contributed by atoms with E-state index in [4.69, 9.17) is 5.14 Å². The van der Waals surface area contributed by atoms with Gasteiger partial charge in [0.05, 0.1) is 4.90 Å². The van der Waals surface area contributed by atoms with Crippen molar-refractivity contribution < 1.29 is 18.0 Å². The molecular weight excluding hydrogens is 294 g/mol. The van der Waals surface area contributed by atoms with Crippen molar-refractivity contribution in [2.75, 3.05) is 5.32 Å². The molecule has 1 fully saturated rings. The zero-order valence-corrected chi connectivity index (χ0v) is 12.6. The number of sulfonamides is 1. The molecule has 0 aromatic heterocycles. The van der Waals surface area contributed by atoms with Gasteiger partial charge in [0.2, 0.25) is 21.8 Å². The van der Waals surface area contributed by atoms with E-state index in [0.717, 1.165) is 5.56 Å². The SMILES string of the molecule is Cc1cc(S(N)(=O)=O)cc(NC(=O)C2CCC(=O)N2)c1C. The molecule has 1 aliphatic heterocycles. The van der Waals surface area contributed by atoms with Crippen LogP contribution in [0.4, 0.5) is 5.69 Å². The van der Waals surface area contributed by atoms with Crippen LogP contribution in [-0.4, -0.2) is 26.3 Å². The molecule has 7 nitrogen and oxygen atoms in total. The lowest BCUT2D eigenvalue weighted by atomic mass is 10.1. The van der Waals surface area contributed by atoms with Gasteiger partial charge in [-0.05, 0) is 43.5 Å². The quantitative estimate of drug-likeness (QED) is 0.737. The third kappa shape index (κ3) is 3.40. The van der Waals surface area contributed by atoms with Crippen LogP contribution in [0.2, 0.25) is 0 Å². The van der Waals surface area contributed by atoms with Gasteiger partial charge in [-0.1, -0.05) is 0 Å². The fraction of sp³-hybridized carbons (Fsp3) is 0.385. The summed E-state index contributed by atoms with van der Waals surface area (Å²) in [6, 6.07) is 2.19. The highest BCUT2D eigenvalue weighted by molar-refractivity contribution is 7.89. The Bertz CT molecular complexity index is 712. The molecule has 4 N–H and O–H groups in total. The molecule has 1 atom stereocenters. The number of rotatable bonds is 3. The first-order chi connectivity index (χ1) is 9.68. The summed E-state index contributed by atoms with van der Waals surface area (Å²) in [5, 5.41) is 10.3. The molecule has 1 heterocycles. The summed E-state index contributed by atoms with van der Waals surface area (Å²) in [6.07, 6.45) is 0.741. The number of nitrogens with two attached hydrogens (primary N) is 1. The Labute approximate surface area is 123 Å². The van der Waals surface area contributed by atoms with Crippen molar-refractivity contribution >= 4 is 27.5 Å². The highest BCUT2D eigenvalue weighted by Gasteiger charge is 2.27. The normalized spacial score (nSPS) is 18.4. The van der Waals surface area contributed by atoms with E-state index in [-0.39, 0.29) is 16.7 Å². The minimum atomic E-state index is -3.85. The van der Waals surface area contributed by atoms with Gasteiger partial charge < -0.3 is 10.6 Å². The van der Waals surface area contributed by atoms with Crippen molar-refractivity contribution in [2.24, 2.45) is 5.14 Å². The zero-order valence-electron chi connectivity index (χ0n) is 11.8. The topological polar surface area (TPSA) is 118 Å². The molecule has 21 heavy (non-hydrogen) atoms. The smallest absolute Gasteiger partial charge is 0.246 e. The minimum absolute atomic E-state index is 0.0589. The average molecular weight is 311 g/mol. The van der Waals surface area contributed by atoms with Crippen LogP contribution in [-0.2, 0) is 19.6 Å². The monoisotopic (exact) mass is 311 g/mol. The largest absolute Gasteiger partial charge is 0.344 e. The maximum atomic E-state index is 12.1. The highest BCUT2D eigenvalue weighted by atomic mass is 32.2. The second kappa shape index (κ2) is 5.45. The van der Waals surface area contributed by atoms with Crippen molar-refractivity contribution in [3.63, 3.8) is 0 Å². The van der Waals surface area contributed by atoms with Crippen LogP contribution in [0, 0.1) is 13.8 Å². The summed E-state index contributed by atoms with van der Waals surface area (Å²) in [6.45, 7) is 3.50. The summed E-state index contributed by atoms with van der Waals surface area (Å²) in [4.78, 5) is 23.1. The standard InChI is InChI=1S/C13H17N3O4S/c1-7-5-9(21(14,19)20)6-11(8(7)2)16-13(18)10-3-4-12(17)15-10/h5-6,10H,3-4H2,1-2H3,(H,15,17)(H,16,18)(H2,14,19,20). The number of aryl methyl sites for hydroxylation is 1. The second-order valence-electron chi connectivity index (χ2n) is 5.11. The number of primary sulfonamides is 1. The first-order valence-corrected chi connectivity index (χ1v) is 7.97. The summed E-state index contributed by atoms with van der Waals surface area (Å²) >= 11 is 0. The maximum absolute atomic E-state index is 12.1. The van der Waals surface area contributed by atoms with E-state index in [1.54, 1.807) is 13.8 Å². The third-order valence-electron chi connectivity index (χ3n) is 3.54. The second-order valence-corrected chi connectivity index (χ2v) is 6.67. The molecule has 0 bridgehead atoms. The number of carbonyl (C=O) groups is 2. The van der Waals surface area contributed by atoms with Crippen molar-refractivity contribution in [3.8, 4) is 0 Å². The zero-order chi connectivity index (χ0) is 15.8. The molecule has 114 valence electrons. The molecular formula is C13H17N3O4S. The molecule has 0 saturated carbocycles. The van der Waals surface area contributed by atoms with Gasteiger partial charge in [-0.3, -0.25) is 9.59 Å². The number of hydrogen-bond donors (Lipinski definition) is 3. The van der Waals surface area contributed by atoms with Crippen molar-refractivity contribution in [1.82, 2.24) is 5.32 Å². The molecule has 2 rings (SSSR count). The average Bonchev–Trinajstić information content (AvgIpc) is 2.80. The number of carbonyl (C=O) groups excluding carboxylic acids is 2. The van der Waals surface area contributed by atoms with Gasteiger partial charge in [0.1, 0.15) is 6.04 Å². The molecule has 1 unspecified atom stereocenters. The lowest BCUT2D eigenvalue weighted by molar-refractivity contribution is -0.122. The van der Waals surface area contributed by atoms with Crippen LogP contribution in [0.1, 0.15) is 24.0 Å². The van der Waals surface area contributed by atoms with Gasteiger partial charge in [0.15, 0.2) is 0 Å². The molecule has 2 amide bonds. The number of anilines is 1. The van der Waals surface area contributed by atoms with Gasteiger partial charge in [0.25, 0.3) is 0 Å². The molecule has 0 aliphatic carbocycles. The van der Waals surface area contributed by atoms with Crippen molar-refractivity contribution in [2.45, 2.75) is 37.6 Å². The lowest BCUT2D eigenvalue weighted by Crippen LogP contribution is -2.37. The van der Waals surface area contributed by atoms with Crippen LogP contribution in [0.15, 0.2) is 17.0 Å². The van der Waals surface area contributed by atoms with Gasteiger partial charge in [-0.2, -0.15) is 0 Å². The summed E-state index contributed by atoms with van der Waals surface area (Å²) in [5.74, 6) is -0.531. The van der Waals surface area contributed by atoms with Crippen molar-refractivity contribution in [1.29, 1.82) is 0 Å². The number of amides is 2. The van der Waals surface area contributed by atoms with Gasteiger partial charge >= 0.3 is 0 Å². The van der Waals surface area contributed by atoms with Crippen LogP contribution in [0.3, 0.4) is 0 Å². The molecule has 1 aromatic carbocycles. The Morgan fingerprint density at radius 3 is 2.57 bits per heavy atom. The Hall–Kier alpha value is -1.93. The summed E-state index contributed by atoms with van der Waals surface area (Å²) in [7, 11) is -3.85. The lowest BCUT2D eigenvalue weighted by Gasteiger charge is -2.15. The Kier molecular flexibility index (Phi) is 4.02. The number of nitrogens with one attached hydrogen (secondary N) is 2. The van der Waals surface area contributed by atoms with Crippen molar-refractivity contribution in [3.05, 3.63) is 23.3 Å². The fourth-order valence-electron chi connectivity index (χ4n) is 2.15. The Balaban J connectivity index is 2.29. The minimum Gasteiger partial charge on any atom is -0.344 e. The first kappa shape index (κ1) is 15.5. The predicted molar refractivity (Wildman–Crippen MR) is 77.1 cm³/mol. The summed E-state index contributed by atoms with van der Waals surface area (Å²) < 4.78 is 22.9. The number of hydrogen-bond acceptors (Lipinski definition) is 4. The van der Waals surface area contributed by atoms with E-state index in [9.17, 15) is 18.0 Å². The van der Waals surface area contributed by atoms with E-state index in [1.807, 2.05) is 0 Å².